The molecule has 0 saturated carbocycles. The molecule has 546 valence electrons. The van der Waals surface area contributed by atoms with Crippen LogP contribution in [0.5, 0.6) is 0 Å². The molecule has 6 atom stereocenters. The quantitative estimate of drug-likeness (QED) is 0.0222. The molecule has 0 bridgehead atoms. The second-order valence-electron chi connectivity index (χ2n) is 27.1. The van der Waals surface area contributed by atoms with Gasteiger partial charge in [0, 0.05) is 25.7 Å². The summed E-state index contributed by atoms with van der Waals surface area (Å²) in [4.78, 5) is 72.5. The van der Waals surface area contributed by atoms with Crippen LogP contribution in [0.3, 0.4) is 0 Å². The molecule has 0 radical (unpaired) electrons. The molecule has 92 heavy (non-hydrogen) atoms. The fraction of sp³-hybridized carbons (Fsp3) is 0.945. The number of phosphoric ester groups is 2. The summed E-state index contributed by atoms with van der Waals surface area (Å²) in [7, 11) is -9.90. The number of aliphatic hydroxyl groups is 1. The Morgan fingerprint density at radius 1 is 0.315 bits per heavy atom. The predicted molar refractivity (Wildman–Crippen MR) is 372 cm³/mol. The molecule has 0 aliphatic rings. The minimum atomic E-state index is -4.95. The van der Waals surface area contributed by atoms with Crippen LogP contribution >= 0.6 is 15.6 Å². The number of carbonyl (C=O) groups is 4. The van der Waals surface area contributed by atoms with Crippen LogP contribution in [0.15, 0.2) is 0 Å². The third-order valence-corrected chi connectivity index (χ3v) is 19.2. The zero-order valence-electron chi connectivity index (χ0n) is 59.9. The van der Waals surface area contributed by atoms with Crippen molar-refractivity contribution in [3.8, 4) is 0 Å². The molecule has 0 aliphatic heterocycles. The first-order chi connectivity index (χ1) is 44.4. The SMILES string of the molecule is CCCCCCCCCCCC(=O)OC[C@H](COP(=O)(O)OC[C@H](O)COP(=O)(O)OC[C@@H](COC(=O)CCCCCCCCCCCC(C)C)OC(=O)CCCCCCCCCCCCCCCCCCCCC(C)CC)OC(=O)CCCCCCCCCCC. The Morgan fingerprint density at radius 2 is 0.554 bits per heavy atom. The Morgan fingerprint density at radius 3 is 0.826 bits per heavy atom. The lowest BCUT2D eigenvalue weighted by molar-refractivity contribution is -0.161. The molecule has 0 aromatic rings. The third-order valence-electron chi connectivity index (χ3n) is 17.3. The molecule has 0 fully saturated rings. The summed E-state index contributed by atoms with van der Waals surface area (Å²) in [5.74, 6) is -0.509. The van der Waals surface area contributed by atoms with Crippen molar-refractivity contribution in [3.05, 3.63) is 0 Å². The van der Waals surface area contributed by atoms with Gasteiger partial charge >= 0.3 is 39.5 Å². The van der Waals surface area contributed by atoms with E-state index in [4.69, 9.17) is 37.0 Å². The minimum absolute atomic E-state index is 0.106. The van der Waals surface area contributed by atoms with Crippen LogP contribution in [-0.2, 0) is 65.4 Å². The van der Waals surface area contributed by atoms with Crippen LogP contribution < -0.4 is 0 Å². The highest BCUT2D eigenvalue weighted by atomic mass is 31.2. The van der Waals surface area contributed by atoms with Gasteiger partial charge in [-0.3, -0.25) is 37.3 Å². The fourth-order valence-corrected chi connectivity index (χ4v) is 12.7. The van der Waals surface area contributed by atoms with Gasteiger partial charge in [0.1, 0.15) is 19.3 Å². The van der Waals surface area contributed by atoms with Gasteiger partial charge in [0.15, 0.2) is 12.2 Å². The van der Waals surface area contributed by atoms with E-state index in [1.807, 2.05) is 0 Å². The van der Waals surface area contributed by atoms with E-state index in [2.05, 4.69) is 41.5 Å². The Kier molecular flexibility index (Phi) is 63.7. The Labute approximate surface area is 562 Å². The highest BCUT2D eigenvalue weighted by Gasteiger charge is 2.30. The van der Waals surface area contributed by atoms with Gasteiger partial charge in [-0.2, -0.15) is 0 Å². The highest BCUT2D eigenvalue weighted by Crippen LogP contribution is 2.45. The van der Waals surface area contributed by atoms with Crippen molar-refractivity contribution < 1.29 is 80.2 Å². The average Bonchev–Trinajstić information content (AvgIpc) is 2.05. The topological polar surface area (TPSA) is 237 Å². The van der Waals surface area contributed by atoms with Gasteiger partial charge in [-0.05, 0) is 37.5 Å². The first-order valence-corrected chi connectivity index (χ1v) is 41.0. The van der Waals surface area contributed by atoms with E-state index in [0.29, 0.717) is 25.7 Å². The van der Waals surface area contributed by atoms with Gasteiger partial charge in [-0.15, -0.1) is 0 Å². The number of aliphatic hydroxyl groups excluding tert-OH is 1. The Hall–Kier alpha value is -1.94. The van der Waals surface area contributed by atoms with Gasteiger partial charge in [0.25, 0.3) is 0 Å². The van der Waals surface area contributed by atoms with Gasteiger partial charge < -0.3 is 33.8 Å². The molecule has 0 spiro atoms. The lowest BCUT2D eigenvalue weighted by Crippen LogP contribution is -2.30. The van der Waals surface area contributed by atoms with Crippen LogP contribution in [0.25, 0.3) is 0 Å². The lowest BCUT2D eigenvalue weighted by Gasteiger charge is -2.21. The first-order valence-electron chi connectivity index (χ1n) is 38.0. The fourth-order valence-electron chi connectivity index (χ4n) is 11.1. The number of esters is 4. The van der Waals surface area contributed by atoms with Crippen LogP contribution in [0.1, 0.15) is 375 Å². The number of hydrogen-bond acceptors (Lipinski definition) is 15. The van der Waals surface area contributed by atoms with Crippen molar-refractivity contribution in [2.75, 3.05) is 39.6 Å². The number of phosphoric acid groups is 2. The van der Waals surface area contributed by atoms with E-state index in [-0.39, 0.29) is 25.7 Å². The van der Waals surface area contributed by atoms with Gasteiger partial charge in [0.05, 0.1) is 26.4 Å². The van der Waals surface area contributed by atoms with Crippen LogP contribution in [0.4, 0.5) is 0 Å². The van der Waals surface area contributed by atoms with E-state index < -0.39 is 97.5 Å². The molecule has 3 N–H and O–H groups in total. The van der Waals surface area contributed by atoms with Crippen LogP contribution in [0.2, 0.25) is 0 Å². The van der Waals surface area contributed by atoms with E-state index in [1.165, 1.54) is 193 Å². The molecule has 17 nitrogen and oxygen atoms in total. The maximum atomic E-state index is 13.1. The van der Waals surface area contributed by atoms with Crippen molar-refractivity contribution in [2.24, 2.45) is 11.8 Å². The summed E-state index contributed by atoms with van der Waals surface area (Å²) < 4.78 is 68.3. The first kappa shape index (κ1) is 90.1. The zero-order chi connectivity index (χ0) is 67.9. The number of hydrogen-bond donors (Lipinski definition) is 3. The molecule has 0 heterocycles. The largest absolute Gasteiger partial charge is 0.472 e. The van der Waals surface area contributed by atoms with E-state index in [1.54, 1.807) is 0 Å². The van der Waals surface area contributed by atoms with Crippen molar-refractivity contribution in [1.82, 2.24) is 0 Å². The monoisotopic (exact) mass is 1350 g/mol. The summed E-state index contributed by atoms with van der Waals surface area (Å²) in [6.45, 7) is 9.58. The molecule has 0 amide bonds. The predicted octanol–water partition coefficient (Wildman–Crippen LogP) is 21.2. The molecule has 0 aliphatic carbocycles. The maximum absolute atomic E-state index is 13.1. The van der Waals surface area contributed by atoms with Crippen LogP contribution in [-0.4, -0.2) is 96.7 Å². The number of unbranched alkanes of at least 4 members (excludes halogenated alkanes) is 41. The summed E-state index contributed by atoms with van der Waals surface area (Å²) in [6.07, 6.45) is 51.4. The standard InChI is InChI=1S/C73H142O17P2/c1-7-10-12-14-16-29-37-43-49-55-70(75)83-61-68(89-72(77)57-51-45-39-30-17-15-13-11-8-2)63-87-91(79,80)85-59-67(74)60-86-92(81,82)88-64-69(62-84-71(76)56-50-44-38-34-28-31-35-41-47-53-65(4)5)90-73(78)58-52-46-40-33-27-25-23-21-19-18-20-22-24-26-32-36-42-48-54-66(6)9-3/h65-69,74H,7-64H2,1-6H3,(H,79,80)(H,81,82)/t66?,67-,68+,69+/m0/s1. The summed E-state index contributed by atoms with van der Waals surface area (Å²) in [5, 5.41) is 10.6. The smallest absolute Gasteiger partial charge is 0.462 e. The molecule has 19 heteroatoms. The summed E-state index contributed by atoms with van der Waals surface area (Å²) in [6, 6.07) is 0. The van der Waals surface area contributed by atoms with Crippen molar-refractivity contribution >= 4 is 39.5 Å². The van der Waals surface area contributed by atoms with Gasteiger partial charge in [-0.25, -0.2) is 9.13 Å². The van der Waals surface area contributed by atoms with E-state index in [9.17, 15) is 43.2 Å². The van der Waals surface area contributed by atoms with Crippen molar-refractivity contribution in [1.29, 1.82) is 0 Å². The molecular formula is C73H142O17P2. The van der Waals surface area contributed by atoms with E-state index in [0.717, 1.165) is 102 Å². The number of ether oxygens (including phenoxy) is 4. The van der Waals surface area contributed by atoms with Crippen molar-refractivity contribution in [3.63, 3.8) is 0 Å². The molecule has 0 aromatic carbocycles. The zero-order valence-corrected chi connectivity index (χ0v) is 61.6. The maximum Gasteiger partial charge on any atom is 0.472 e. The van der Waals surface area contributed by atoms with Gasteiger partial charge in [-0.1, -0.05) is 324 Å². The van der Waals surface area contributed by atoms with Crippen molar-refractivity contribution in [2.45, 2.75) is 394 Å². The third kappa shape index (κ3) is 65.4. The molecular weight excluding hydrogens is 1210 g/mol. The molecule has 0 aromatic heterocycles. The van der Waals surface area contributed by atoms with Gasteiger partial charge in [0.2, 0.25) is 0 Å². The molecule has 0 saturated heterocycles. The molecule has 0 rings (SSSR count). The second kappa shape index (κ2) is 65.0. The Balaban J connectivity index is 5.14. The number of carbonyl (C=O) groups excluding carboxylic acids is 4. The van der Waals surface area contributed by atoms with E-state index >= 15 is 0 Å². The minimum Gasteiger partial charge on any atom is -0.462 e. The second-order valence-corrected chi connectivity index (χ2v) is 30.0. The number of rotatable bonds is 72. The average molecular weight is 1350 g/mol. The lowest BCUT2D eigenvalue weighted by atomic mass is 9.99. The highest BCUT2D eigenvalue weighted by molar-refractivity contribution is 7.47. The van der Waals surface area contributed by atoms with Crippen LogP contribution in [0, 0.1) is 11.8 Å². The Bertz CT molecular complexity index is 1790. The summed E-state index contributed by atoms with van der Waals surface area (Å²) in [5.41, 5.74) is 0. The molecule has 3 unspecified atom stereocenters. The normalized spacial score (nSPS) is 14.4. The summed E-state index contributed by atoms with van der Waals surface area (Å²) >= 11 is 0.